The summed E-state index contributed by atoms with van der Waals surface area (Å²) < 4.78 is 6.86. The van der Waals surface area contributed by atoms with E-state index in [1.54, 1.807) is 18.7 Å². The van der Waals surface area contributed by atoms with Crippen molar-refractivity contribution < 1.29 is 4.74 Å². The minimum Gasteiger partial charge on any atom is -0.497 e. The second-order valence-electron chi connectivity index (χ2n) is 5.43. The molecule has 102 valence electrons. The minimum atomic E-state index is -0.330. The molecular formula is C15H20N2O2. The average molecular weight is 260 g/mol. The number of hydrogen-bond acceptors (Lipinski definition) is 3. The van der Waals surface area contributed by atoms with E-state index in [0.717, 1.165) is 22.2 Å². The van der Waals surface area contributed by atoms with Gasteiger partial charge in [0.1, 0.15) is 5.75 Å². The molecular weight excluding hydrogens is 240 g/mol. The summed E-state index contributed by atoms with van der Waals surface area (Å²) in [5.41, 5.74) is 7.05. The van der Waals surface area contributed by atoms with Crippen LogP contribution < -0.4 is 16.0 Å². The maximum atomic E-state index is 12.5. The van der Waals surface area contributed by atoms with E-state index in [2.05, 4.69) is 0 Å². The summed E-state index contributed by atoms with van der Waals surface area (Å²) in [7, 11) is 3.39. The number of fused-ring (bicyclic) bond motifs is 1. The zero-order chi connectivity index (χ0) is 14.2. The molecule has 1 heterocycles. The van der Waals surface area contributed by atoms with Crippen molar-refractivity contribution in [3.8, 4) is 5.75 Å². The van der Waals surface area contributed by atoms with Crippen molar-refractivity contribution in [2.24, 2.45) is 12.8 Å². The van der Waals surface area contributed by atoms with Gasteiger partial charge in [-0.05, 0) is 23.6 Å². The minimum absolute atomic E-state index is 0.00352. The Bertz CT molecular complexity index is 672. The highest BCUT2D eigenvalue weighted by Crippen LogP contribution is 2.24. The molecule has 0 aliphatic carbocycles. The van der Waals surface area contributed by atoms with Crippen molar-refractivity contribution in [2.75, 3.05) is 13.7 Å². The normalized spacial score (nSPS) is 11.8. The number of benzene rings is 1. The number of nitrogens with zero attached hydrogens (tertiary/aromatic N) is 1. The zero-order valence-electron chi connectivity index (χ0n) is 11.9. The number of hydrogen-bond donors (Lipinski definition) is 1. The van der Waals surface area contributed by atoms with Gasteiger partial charge in [-0.2, -0.15) is 0 Å². The van der Waals surface area contributed by atoms with Gasteiger partial charge < -0.3 is 15.0 Å². The molecule has 0 unspecified atom stereocenters. The topological polar surface area (TPSA) is 57.2 Å². The van der Waals surface area contributed by atoms with Crippen LogP contribution in [0.1, 0.15) is 19.4 Å². The largest absolute Gasteiger partial charge is 0.497 e. The van der Waals surface area contributed by atoms with Gasteiger partial charge in [-0.15, -0.1) is 0 Å². The molecule has 0 atom stereocenters. The Hall–Kier alpha value is -1.81. The van der Waals surface area contributed by atoms with Crippen molar-refractivity contribution in [1.82, 2.24) is 4.57 Å². The highest BCUT2D eigenvalue weighted by atomic mass is 16.5. The SMILES string of the molecule is COc1ccc2cc(C(C)(C)CN)c(=O)n(C)c2c1. The Morgan fingerprint density at radius 3 is 2.58 bits per heavy atom. The van der Waals surface area contributed by atoms with Crippen molar-refractivity contribution in [1.29, 1.82) is 0 Å². The highest BCUT2D eigenvalue weighted by Gasteiger charge is 2.23. The second-order valence-corrected chi connectivity index (χ2v) is 5.43. The molecule has 2 aromatic rings. The summed E-state index contributed by atoms with van der Waals surface area (Å²) in [6.07, 6.45) is 0. The Morgan fingerprint density at radius 2 is 2.00 bits per heavy atom. The first-order valence-electron chi connectivity index (χ1n) is 6.29. The van der Waals surface area contributed by atoms with E-state index in [9.17, 15) is 4.79 Å². The lowest BCUT2D eigenvalue weighted by Gasteiger charge is -2.23. The van der Waals surface area contributed by atoms with Crippen LogP contribution in [0.15, 0.2) is 29.1 Å². The molecule has 19 heavy (non-hydrogen) atoms. The summed E-state index contributed by atoms with van der Waals surface area (Å²) in [6, 6.07) is 7.66. The number of pyridine rings is 1. The molecule has 2 rings (SSSR count). The summed E-state index contributed by atoms with van der Waals surface area (Å²) in [5.74, 6) is 0.744. The molecule has 0 radical (unpaired) electrons. The zero-order valence-corrected chi connectivity index (χ0v) is 11.9. The number of aromatic nitrogens is 1. The van der Waals surface area contributed by atoms with Crippen LogP contribution >= 0.6 is 0 Å². The van der Waals surface area contributed by atoms with Crippen LogP contribution in [0.2, 0.25) is 0 Å². The van der Waals surface area contributed by atoms with Gasteiger partial charge in [-0.25, -0.2) is 0 Å². The summed E-state index contributed by atoms with van der Waals surface area (Å²) in [4.78, 5) is 12.5. The van der Waals surface area contributed by atoms with E-state index < -0.39 is 0 Å². The maximum absolute atomic E-state index is 12.5. The Labute approximate surface area is 112 Å². The van der Waals surface area contributed by atoms with Crippen LogP contribution in [0.5, 0.6) is 5.75 Å². The molecule has 0 aliphatic heterocycles. The third-order valence-corrected chi connectivity index (χ3v) is 3.67. The van der Waals surface area contributed by atoms with E-state index in [4.69, 9.17) is 10.5 Å². The molecule has 0 saturated heterocycles. The van der Waals surface area contributed by atoms with Gasteiger partial charge in [-0.3, -0.25) is 4.79 Å². The number of ether oxygens (including phenoxy) is 1. The van der Waals surface area contributed by atoms with Crippen LogP contribution in [0.25, 0.3) is 10.9 Å². The molecule has 0 amide bonds. The number of rotatable bonds is 3. The fourth-order valence-electron chi connectivity index (χ4n) is 2.17. The van der Waals surface area contributed by atoms with E-state index in [1.165, 1.54) is 0 Å². The third kappa shape index (κ3) is 2.24. The van der Waals surface area contributed by atoms with Crippen molar-refractivity contribution in [3.05, 3.63) is 40.2 Å². The molecule has 4 nitrogen and oxygen atoms in total. The van der Waals surface area contributed by atoms with E-state index in [1.807, 2.05) is 38.1 Å². The molecule has 0 bridgehead atoms. The van der Waals surface area contributed by atoms with Gasteiger partial charge >= 0.3 is 0 Å². The molecule has 0 aliphatic rings. The lowest BCUT2D eigenvalue weighted by Crippen LogP contribution is -2.36. The predicted molar refractivity (Wildman–Crippen MR) is 77.8 cm³/mol. The molecule has 0 fully saturated rings. The van der Waals surface area contributed by atoms with E-state index >= 15 is 0 Å². The molecule has 1 aromatic heterocycles. The van der Waals surface area contributed by atoms with Gasteiger partial charge in [0, 0.05) is 30.6 Å². The maximum Gasteiger partial charge on any atom is 0.254 e. The van der Waals surface area contributed by atoms with Crippen LogP contribution in [-0.2, 0) is 12.5 Å². The first-order chi connectivity index (χ1) is 8.90. The number of methoxy groups -OCH3 is 1. The summed E-state index contributed by atoms with van der Waals surface area (Å²) >= 11 is 0. The summed E-state index contributed by atoms with van der Waals surface area (Å²) in [6.45, 7) is 4.40. The van der Waals surface area contributed by atoms with Gasteiger partial charge in [0.15, 0.2) is 0 Å². The molecule has 1 aromatic carbocycles. The van der Waals surface area contributed by atoms with Crippen molar-refractivity contribution in [3.63, 3.8) is 0 Å². The van der Waals surface area contributed by atoms with Gasteiger partial charge in [0.2, 0.25) is 0 Å². The van der Waals surface area contributed by atoms with Crippen LogP contribution in [-0.4, -0.2) is 18.2 Å². The van der Waals surface area contributed by atoms with Crippen LogP contribution in [0.4, 0.5) is 0 Å². The fourth-order valence-corrected chi connectivity index (χ4v) is 2.17. The lowest BCUT2D eigenvalue weighted by atomic mass is 9.85. The smallest absolute Gasteiger partial charge is 0.254 e. The van der Waals surface area contributed by atoms with Gasteiger partial charge in [0.25, 0.3) is 5.56 Å². The van der Waals surface area contributed by atoms with E-state index in [-0.39, 0.29) is 11.0 Å². The first-order valence-corrected chi connectivity index (χ1v) is 6.29. The second kappa shape index (κ2) is 4.70. The highest BCUT2D eigenvalue weighted by molar-refractivity contribution is 5.81. The number of aryl methyl sites for hydroxylation is 1. The lowest BCUT2D eigenvalue weighted by molar-refractivity contribution is 0.415. The van der Waals surface area contributed by atoms with Crippen LogP contribution in [0.3, 0.4) is 0 Å². The van der Waals surface area contributed by atoms with E-state index in [0.29, 0.717) is 6.54 Å². The Morgan fingerprint density at radius 1 is 1.32 bits per heavy atom. The predicted octanol–water partition coefficient (Wildman–Crippen LogP) is 1.78. The molecule has 2 N–H and O–H groups in total. The van der Waals surface area contributed by atoms with Crippen molar-refractivity contribution in [2.45, 2.75) is 19.3 Å². The molecule has 4 heteroatoms. The Balaban J connectivity index is 2.79. The average Bonchev–Trinajstić information content (AvgIpc) is 2.42. The van der Waals surface area contributed by atoms with Crippen LogP contribution in [0, 0.1) is 0 Å². The van der Waals surface area contributed by atoms with Crippen molar-refractivity contribution >= 4 is 10.9 Å². The molecule has 0 spiro atoms. The standard InChI is InChI=1S/C15H20N2O2/c1-15(2,9-16)12-7-10-5-6-11(19-4)8-13(10)17(3)14(12)18/h5-8H,9,16H2,1-4H3. The molecule has 0 saturated carbocycles. The quantitative estimate of drug-likeness (QED) is 0.915. The Kier molecular flexibility index (Phi) is 3.37. The fraction of sp³-hybridized carbons (Fsp3) is 0.400. The summed E-state index contributed by atoms with van der Waals surface area (Å²) in [5, 5.41) is 1.01. The monoisotopic (exact) mass is 260 g/mol. The number of nitrogens with two attached hydrogens (primary N) is 1. The third-order valence-electron chi connectivity index (χ3n) is 3.67. The van der Waals surface area contributed by atoms with Gasteiger partial charge in [-0.1, -0.05) is 13.8 Å². The van der Waals surface area contributed by atoms with Gasteiger partial charge in [0.05, 0.1) is 12.6 Å². The first kappa shape index (κ1) is 13.6.